The fraction of sp³-hybridized carbons (Fsp3) is 0.188. The van der Waals surface area contributed by atoms with Crippen molar-refractivity contribution < 1.29 is 9.53 Å². The molecule has 104 valence electrons. The van der Waals surface area contributed by atoms with Gasteiger partial charge in [0.2, 0.25) is 0 Å². The molecule has 0 aliphatic rings. The quantitative estimate of drug-likeness (QED) is 0.861. The van der Waals surface area contributed by atoms with Gasteiger partial charge in [-0.15, -0.1) is 0 Å². The number of para-hydroxylation sites is 1. The number of methoxy groups -OCH3 is 1. The molecule has 0 aliphatic heterocycles. The maximum absolute atomic E-state index is 12.2. The fourth-order valence-electron chi connectivity index (χ4n) is 2.05. The molecule has 2 rings (SSSR count). The highest BCUT2D eigenvalue weighted by Crippen LogP contribution is 2.31. The maximum atomic E-state index is 12.2. The van der Waals surface area contributed by atoms with E-state index in [2.05, 4.69) is 21.2 Å². The van der Waals surface area contributed by atoms with Crippen LogP contribution in [0.25, 0.3) is 0 Å². The number of benzene rings is 2. The first-order valence-corrected chi connectivity index (χ1v) is 7.04. The van der Waals surface area contributed by atoms with E-state index in [0.717, 1.165) is 15.7 Å². The number of hydrogen-bond donors (Lipinski definition) is 1. The van der Waals surface area contributed by atoms with Crippen molar-refractivity contribution in [3.05, 3.63) is 64.6 Å². The van der Waals surface area contributed by atoms with Crippen LogP contribution in [0.4, 0.5) is 5.69 Å². The van der Waals surface area contributed by atoms with Gasteiger partial charge in [0.15, 0.2) is 5.54 Å². The van der Waals surface area contributed by atoms with E-state index < -0.39 is 5.54 Å². The van der Waals surface area contributed by atoms with Gasteiger partial charge in [0.05, 0.1) is 7.11 Å². The van der Waals surface area contributed by atoms with Gasteiger partial charge < -0.3 is 10.1 Å². The zero-order chi connectivity index (χ0) is 14.6. The first-order valence-electron chi connectivity index (χ1n) is 6.24. The molecular formula is C16H16BrNO2. The van der Waals surface area contributed by atoms with E-state index in [4.69, 9.17) is 4.74 Å². The van der Waals surface area contributed by atoms with Crippen LogP contribution in [0.5, 0.6) is 0 Å². The predicted octanol–water partition coefficient (Wildman–Crippen LogP) is 3.95. The number of nitrogens with one attached hydrogen (secondary N) is 1. The summed E-state index contributed by atoms with van der Waals surface area (Å²) >= 11 is 3.48. The molecule has 1 unspecified atom stereocenters. The molecule has 0 amide bonds. The van der Waals surface area contributed by atoms with Crippen molar-refractivity contribution in [1.29, 1.82) is 0 Å². The van der Waals surface area contributed by atoms with Gasteiger partial charge in [-0.05, 0) is 40.5 Å². The lowest BCUT2D eigenvalue weighted by atomic mass is 9.91. The lowest BCUT2D eigenvalue weighted by Crippen LogP contribution is -2.41. The minimum atomic E-state index is -0.945. The Morgan fingerprint density at radius 3 is 2.30 bits per heavy atom. The van der Waals surface area contributed by atoms with Gasteiger partial charge in [-0.3, -0.25) is 0 Å². The summed E-state index contributed by atoms with van der Waals surface area (Å²) in [7, 11) is 1.39. The van der Waals surface area contributed by atoms with Crippen molar-refractivity contribution in [2.24, 2.45) is 0 Å². The lowest BCUT2D eigenvalue weighted by molar-refractivity contribution is -0.145. The van der Waals surface area contributed by atoms with Crippen molar-refractivity contribution >= 4 is 27.6 Å². The summed E-state index contributed by atoms with van der Waals surface area (Å²) in [5, 5.41) is 3.27. The van der Waals surface area contributed by atoms with E-state index >= 15 is 0 Å². The van der Waals surface area contributed by atoms with Crippen molar-refractivity contribution in [2.45, 2.75) is 12.5 Å². The molecule has 3 nitrogen and oxygen atoms in total. The minimum absolute atomic E-state index is 0.334. The normalized spacial score (nSPS) is 13.3. The summed E-state index contributed by atoms with van der Waals surface area (Å²) in [6.07, 6.45) is 0. The molecule has 0 radical (unpaired) electrons. The first kappa shape index (κ1) is 14.6. The van der Waals surface area contributed by atoms with Crippen molar-refractivity contribution in [1.82, 2.24) is 0 Å². The highest BCUT2D eigenvalue weighted by Gasteiger charge is 2.36. The fourth-order valence-corrected chi connectivity index (χ4v) is 2.43. The molecule has 0 heterocycles. The Morgan fingerprint density at radius 2 is 1.70 bits per heavy atom. The van der Waals surface area contributed by atoms with Crippen molar-refractivity contribution in [3.8, 4) is 0 Å². The van der Waals surface area contributed by atoms with E-state index in [-0.39, 0.29) is 5.97 Å². The van der Waals surface area contributed by atoms with Crippen LogP contribution in [-0.2, 0) is 15.1 Å². The Labute approximate surface area is 127 Å². The van der Waals surface area contributed by atoms with Crippen molar-refractivity contribution in [2.75, 3.05) is 12.4 Å². The minimum Gasteiger partial charge on any atom is -0.467 e. The zero-order valence-corrected chi connectivity index (χ0v) is 13.0. The number of anilines is 1. The van der Waals surface area contributed by atoms with Crippen LogP contribution in [0.3, 0.4) is 0 Å². The number of hydrogen-bond acceptors (Lipinski definition) is 3. The van der Waals surface area contributed by atoms with Crippen LogP contribution in [0, 0.1) is 0 Å². The van der Waals surface area contributed by atoms with Crippen LogP contribution in [0.15, 0.2) is 59.1 Å². The second-order valence-electron chi connectivity index (χ2n) is 4.59. The van der Waals surface area contributed by atoms with Gasteiger partial charge in [0.1, 0.15) is 0 Å². The van der Waals surface area contributed by atoms with Gasteiger partial charge in [0, 0.05) is 10.2 Å². The second kappa shape index (κ2) is 6.09. The molecule has 0 spiro atoms. The van der Waals surface area contributed by atoms with Crippen LogP contribution in [0.1, 0.15) is 12.5 Å². The summed E-state index contributed by atoms with van der Waals surface area (Å²) < 4.78 is 5.86. The summed E-state index contributed by atoms with van der Waals surface area (Å²) in [4.78, 5) is 12.2. The van der Waals surface area contributed by atoms with Gasteiger partial charge >= 0.3 is 5.97 Å². The van der Waals surface area contributed by atoms with E-state index in [1.807, 2.05) is 61.5 Å². The Hall–Kier alpha value is -1.81. The van der Waals surface area contributed by atoms with Gasteiger partial charge in [-0.2, -0.15) is 0 Å². The number of carbonyl (C=O) groups is 1. The van der Waals surface area contributed by atoms with E-state index in [0.29, 0.717) is 0 Å². The number of ether oxygens (including phenoxy) is 1. The monoisotopic (exact) mass is 333 g/mol. The molecule has 0 aromatic heterocycles. The van der Waals surface area contributed by atoms with E-state index in [1.54, 1.807) is 0 Å². The third-order valence-electron chi connectivity index (χ3n) is 3.20. The molecule has 2 aromatic rings. The van der Waals surface area contributed by atoms with E-state index in [1.165, 1.54) is 7.11 Å². The molecule has 0 aliphatic carbocycles. The Kier molecular flexibility index (Phi) is 4.45. The molecule has 0 saturated carbocycles. The molecule has 20 heavy (non-hydrogen) atoms. The molecule has 0 bridgehead atoms. The molecule has 4 heteroatoms. The van der Waals surface area contributed by atoms with Crippen molar-refractivity contribution in [3.63, 3.8) is 0 Å². The first-order chi connectivity index (χ1) is 9.58. The molecular weight excluding hydrogens is 318 g/mol. The van der Waals surface area contributed by atoms with Crippen LogP contribution >= 0.6 is 15.9 Å². The third kappa shape index (κ3) is 2.85. The molecule has 1 atom stereocenters. The average Bonchev–Trinajstić information content (AvgIpc) is 2.49. The summed E-state index contributed by atoms with van der Waals surface area (Å²) in [5.74, 6) is -0.334. The van der Waals surface area contributed by atoms with Gasteiger partial charge in [0.25, 0.3) is 0 Å². The molecule has 0 saturated heterocycles. The second-order valence-corrected chi connectivity index (χ2v) is 5.44. The third-order valence-corrected chi connectivity index (χ3v) is 3.89. The Bertz CT molecular complexity index is 600. The topological polar surface area (TPSA) is 38.3 Å². The standard InChI is InChI=1S/C16H16BrNO2/c1-16(15(19)20-2,12-8-4-3-5-9-12)18-14-11-7-6-10-13(14)17/h3-11,18H,1-2H3. The largest absolute Gasteiger partial charge is 0.467 e. The van der Waals surface area contributed by atoms with Gasteiger partial charge in [-0.25, -0.2) is 4.79 Å². The molecule has 1 N–H and O–H groups in total. The summed E-state index contributed by atoms with van der Waals surface area (Å²) in [6, 6.07) is 17.2. The average molecular weight is 334 g/mol. The lowest BCUT2D eigenvalue weighted by Gasteiger charge is -2.30. The SMILES string of the molecule is COC(=O)C(C)(Nc1ccccc1Br)c1ccccc1. The number of esters is 1. The maximum Gasteiger partial charge on any atom is 0.335 e. The van der Waals surface area contributed by atoms with Crippen LogP contribution in [-0.4, -0.2) is 13.1 Å². The smallest absolute Gasteiger partial charge is 0.335 e. The summed E-state index contributed by atoms with van der Waals surface area (Å²) in [6.45, 7) is 1.81. The Morgan fingerprint density at radius 1 is 1.10 bits per heavy atom. The number of rotatable bonds is 4. The Balaban J connectivity index is 2.44. The highest BCUT2D eigenvalue weighted by molar-refractivity contribution is 9.10. The van der Waals surface area contributed by atoms with Gasteiger partial charge in [-0.1, -0.05) is 42.5 Å². The van der Waals surface area contributed by atoms with Crippen LogP contribution < -0.4 is 5.32 Å². The predicted molar refractivity (Wildman–Crippen MR) is 83.6 cm³/mol. The molecule has 0 fully saturated rings. The number of halogens is 1. The van der Waals surface area contributed by atoms with Crippen LogP contribution in [0.2, 0.25) is 0 Å². The number of carbonyl (C=O) groups excluding carboxylic acids is 1. The van der Waals surface area contributed by atoms with E-state index in [9.17, 15) is 4.79 Å². The highest BCUT2D eigenvalue weighted by atomic mass is 79.9. The molecule has 2 aromatic carbocycles. The zero-order valence-electron chi connectivity index (χ0n) is 11.4. The summed E-state index contributed by atoms with van der Waals surface area (Å²) in [5.41, 5.74) is 0.742.